The van der Waals surface area contributed by atoms with Crippen molar-refractivity contribution in [3.8, 4) is 23.3 Å². The van der Waals surface area contributed by atoms with E-state index in [1.807, 2.05) is 31.2 Å². The van der Waals surface area contributed by atoms with E-state index < -0.39 is 0 Å². The number of rotatable bonds is 4. The second kappa shape index (κ2) is 6.07. The zero-order chi connectivity index (χ0) is 12.8. The lowest BCUT2D eigenvalue weighted by molar-refractivity contribution is 0.410. The van der Waals surface area contributed by atoms with E-state index in [9.17, 15) is 0 Å². The maximum absolute atomic E-state index is 5.30. The molecule has 5 nitrogen and oxygen atoms in total. The average molecular weight is 260 g/mol. The SMILES string of the molecule is CC#CCSc1nnnn1-c1ccccc1OC. The largest absolute Gasteiger partial charge is 0.494 e. The quantitative estimate of drug-likeness (QED) is 0.619. The third-order valence-corrected chi connectivity index (χ3v) is 3.01. The van der Waals surface area contributed by atoms with E-state index in [1.54, 1.807) is 11.8 Å². The van der Waals surface area contributed by atoms with E-state index in [0.29, 0.717) is 10.9 Å². The Kier molecular flexibility index (Phi) is 4.20. The Labute approximate surface area is 110 Å². The van der Waals surface area contributed by atoms with E-state index in [1.165, 1.54) is 11.8 Å². The molecule has 0 saturated carbocycles. The van der Waals surface area contributed by atoms with Gasteiger partial charge in [-0.2, -0.15) is 4.68 Å². The highest BCUT2D eigenvalue weighted by atomic mass is 32.2. The molecule has 0 bridgehead atoms. The Bertz CT molecular complexity index is 585. The van der Waals surface area contributed by atoms with Crippen LogP contribution < -0.4 is 4.74 Å². The molecule has 0 N–H and O–H groups in total. The Morgan fingerprint density at radius 3 is 3.00 bits per heavy atom. The van der Waals surface area contributed by atoms with Gasteiger partial charge < -0.3 is 4.74 Å². The lowest BCUT2D eigenvalue weighted by Crippen LogP contribution is -2.01. The van der Waals surface area contributed by atoms with E-state index in [0.717, 1.165) is 11.4 Å². The molecule has 0 fully saturated rings. The van der Waals surface area contributed by atoms with E-state index >= 15 is 0 Å². The fourth-order valence-corrected chi connectivity index (χ4v) is 2.09. The maximum atomic E-state index is 5.30. The third kappa shape index (κ3) is 2.63. The minimum Gasteiger partial charge on any atom is -0.494 e. The number of hydrogen-bond acceptors (Lipinski definition) is 5. The zero-order valence-corrected chi connectivity index (χ0v) is 10.9. The van der Waals surface area contributed by atoms with Crippen molar-refractivity contribution in [2.45, 2.75) is 12.1 Å². The fourth-order valence-electron chi connectivity index (χ4n) is 1.40. The van der Waals surface area contributed by atoms with Gasteiger partial charge in [-0.05, 0) is 29.5 Å². The van der Waals surface area contributed by atoms with Crippen LogP contribution in [-0.2, 0) is 0 Å². The molecule has 92 valence electrons. The highest BCUT2D eigenvalue weighted by Gasteiger charge is 2.11. The van der Waals surface area contributed by atoms with Gasteiger partial charge >= 0.3 is 0 Å². The number of thioether (sulfide) groups is 1. The highest BCUT2D eigenvalue weighted by molar-refractivity contribution is 7.99. The molecule has 1 heterocycles. The Balaban J connectivity index is 2.32. The monoisotopic (exact) mass is 260 g/mol. The van der Waals surface area contributed by atoms with Gasteiger partial charge in [0.1, 0.15) is 11.4 Å². The zero-order valence-electron chi connectivity index (χ0n) is 10.1. The van der Waals surface area contributed by atoms with Crippen LogP contribution in [0.5, 0.6) is 5.75 Å². The first-order valence-corrected chi connectivity index (χ1v) is 6.29. The summed E-state index contributed by atoms with van der Waals surface area (Å²) < 4.78 is 6.95. The summed E-state index contributed by atoms with van der Waals surface area (Å²) in [5, 5.41) is 12.3. The summed E-state index contributed by atoms with van der Waals surface area (Å²) in [6, 6.07) is 7.60. The smallest absolute Gasteiger partial charge is 0.215 e. The van der Waals surface area contributed by atoms with Crippen molar-refractivity contribution in [3.05, 3.63) is 24.3 Å². The van der Waals surface area contributed by atoms with Crippen LogP contribution in [0, 0.1) is 11.8 Å². The summed E-state index contributed by atoms with van der Waals surface area (Å²) in [5.41, 5.74) is 0.817. The molecular formula is C12H12N4OS. The molecule has 0 spiro atoms. The molecule has 0 amide bonds. The van der Waals surface area contributed by atoms with Crippen LogP contribution in [0.2, 0.25) is 0 Å². The van der Waals surface area contributed by atoms with Crippen molar-refractivity contribution < 1.29 is 4.74 Å². The summed E-state index contributed by atoms with van der Waals surface area (Å²) >= 11 is 1.49. The Morgan fingerprint density at radius 1 is 1.39 bits per heavy atom. The van der Waals surface area contributed by atoms with Crippen LogP contribution in [0.15, 0.2) is 29.4 Å². The van der Waals surface area contributed by atoms with Gasteiger partial charge in [0.05, 0.1) is 12.9 Å². The molecule has 0 aliphatic rings. The molecule has 1 aromatic heterocycles. The van der Waals surface area contributed by atoms with Gasteiger partial charge in [-0.25, -0.2) is 0 Å². The van der Waals surface area contributed by atoms with Gasteiger partial charge in [-0.15, -0.1) is 11.0 Å². The first kappa shape index (κ1) is 12.5. The minimum absolute atomic E-state index is 0.659. The number of methoxy groups -OCH3 is 1. The number of nitrogens with zero attached hydrogens (tertiary/aromatic N) is 4. The molecule has 18 heavy (non-hydrogen) atoms. The standard InChI is InChI=1S/C12H12N4OS/c1-3-4-9-18-12-13-14-15-16(12)10-7-5-6-8-11(10)17-2/h5-8H,9H2,1-2H3. The molecule has 0 aliphatic carbocycles. The van der Waals surface area contributed by atoms with Gasteiger partial charge in [0.25, 0.3) is 0 Å². The van der Waals surface area contributed by atoms with Gasteiger partial charge in [0, 0.05) is 0 Å². The Morgan fingerprint density at radius 2 is 2.22 bits per heavy atom. The van der Waals surface area contributed by atoms with Gasteiger partial charge in [0.2, 0.25) is 5.16 Å². The van der Waals surface area contributed by atoms with Gasteiger partial charge in [0.15, 0.2) is 0 Å². The topological polar surface area (TPSA) is 52.8 Å². The molecule has 2 aromatic rings. The van der Waals surface area contributed by atoms with Gasteiger partial charge in [-0.1, -0.05) is 29.8 Å². The van der Waals surface area contributed by atoms with Crippen LogP contribution in [0.3, 0.4) is 0 Å². The van der Waals surface area contributed by atoms with Crippen LogP contribution >= 0.6 is 11.8 Å². The van der Waals surface area contributed by atoms with Crippen molar-refractivity contribution in [1.82, 2.24) is 20.2 Å². The summed E-state index contributed by atoms with van der Waals surface area (Å²) in [5.74, 6) is 7.19. The average Bonchev–Trinajstić information content (AvgIpc) is 2.87. The van der Waals surface area contributed by atoms with Crippen LogP contribution in [-0.4, -0.2) is 33.1 Å². The summed E-state index contributed by atoms with van der Waals surface area (Å²) in [6.45, 7) is 1.81. The first-order valence-electron chi connectivity index (χ1n) is 5.31. The number of hydrogen-bond donors (Lipinski definition) is 0. The second-order valence-corrected chi connectivity index (χ2v) is 4.20. The second-order valence-electron chi connectivity index (χ2n) is 3.26. The third-order valence-electron chi connectivity index (χ3n) is 2.20. The summed E-state index contributed by atoms with van der Waals surface area (Å²) in [7, 11) is 1.62. The van der Waals surface area contributed by atoms with E-state index in [-0.39, 0.29) is 0 Å². The van der Waals surface area contributed by atoms with E-state index in [2.05, 4.69) is 27.4 Å². The van der Waals surface area contributed by atoms with E-state index in [4.69, 9.17) is 4.74 Å². The molecule has 0 unspecified atom stereocenters. The molecular weight excluding hydrogens is 248 g/mol. The molecule has 1 aromatic carbocycles. The van der Waals surface area contributed by atoms with Crippen molar-refractivity contribution >= 4 is 11.8 Å². The lowest BCUT2D eigenvalue weighted by Gasteiger charge is -2.08. The van der Waals surface area contributed by atoms with Crippen molar-refractivity contribution in [1.29, 1.82) is 0 Å². The highest BCUT2D eigenvalue weighted by Crippen LogP contribution is 2.25. The molecule has 6 heteroatoms. The molecule has 2 rings (SSSR count). The number of aromatic nitrogens is 4. The van der Waals surface area contributed by atoms with Crippen molar-refractivity contribution in [2.24, 2.45) is 0 Å². The number of benzene rings is 1. The lowest BCUT2D eigenvalue weighted by atomic mass is 10.3. The Hall–Kier alpha value is -2.00. The summed E-state index contributed by atoms with van der Waals surface area (Å²) in [4.78, 5) is 0. The number of tetrazole rings is 1. The van der Waals surface area contributed by atoms with Crippen molar-refractivity contribution in [3.63, 3.8) is 0 Å². The van der Waals surface area contributed by atoms with Crippen LogP contribution in [0.25, 0.3) is 5.69 Å². The normalized spacial score (nSPS) is 9.67. The predicted octanol–water partition coefficient (Wildman–Crippen LogP) is 1.79. The minimum atomic E-state index is 0.659. The first-order chi connectivity index (χ1) is 8.86. The molecule has 0 saturated heterocycles. The van der Waals surface area contributed by atoms with Gasteiger partial charge in [-0.3, -0.25) is 0 Å². The number of ether oxygens (including phenoxy) is 1. The molecule has 0 radical (unpaired) electrons. The molecule has 0 aliphatic heterocycles. The maximum Gasteiger partial charge on any atom is 0.215 e. The fraction of sp³-hybridized carbons (Fsp3) is 0.250. The summed E-state index contributed by atoms with van der Waals surface area (Å²) in [6.07, 6.45) is 0. The van der Waals surface area contributed by atoms with Crippen LogP contribution in [0.1, 0.15) is 6.92 Å². The van der Waals surface area contributed by atoms with Crippen LogP contribution in [0.4, 0.5) is 0 Å². The number of para-hydroxylation sites is 2. The molecule has 0 atom stereocenters. The predicted molar refractivity (Wildman–Crippen MR) is 69.9 cm³/mol. The van der Waals surface area contributed by atoms with Crippen molar-refractivity contribution in [2.75, 3.05) is 12.9 Å².